The monoisotopic (exact) mass is 330 g/mol. The number of carbonyl (C=O) groups excluding carboxylic acids is 1. The number of hydrogen-bond acceptors (Lipinski definition) is 4. The van der Waals surface area contributed by atoms with E-state index >= 15 is 0 Å². The molecule has 1 unspecified atom stereocenters. The first-order valence-corrected chi connectivity index (χ1v) is 8.70. The number of halogens is 1. The molecule has 116 valence electrons. The van der Waals surface area contributed by atoms with Crippen molar-refractivity contribution in [2.24, 2.45) is 0 Å². The molecule has 1 rings (SSSR count). The minimum Gasteiger partial charge on any atom is -0.465 e. The van der Waals surface area contributed by atoms with Crippen LogP contribution in [0.2, 0.25) is 0 Å². The fraction of sp³-hybridized carbons (Fsp3) is 0.400. The average Bonchev–Trinajstić information content (AvgIpc) is 2.45. The average molecular weight is 331 g/mol. The van der Waals surface area contributed by atoms with Gasteiger partial charge in [-0.3, -0.25) is 4.79 Å². The number of hydrogen-bond donors (Lipinski definition) is 0. The number of carbonyl (C=O) groups is 1. The highest BCUT2D eigenvalue weighted by molar-refractivity contribution is 7.91. The molecule has 0 saturated carbocycles. The summed E-state index contributed by atoms with van der Waals surface area (Å²) in [5.41, 5.74) is 0.647. The van der Waals surface area contributed by atoms with Gasteiger partial charge in [-0.15, -0.1) is 11.6 Å². The molecule has 0 aromatic heterocycles. The van der Waals surface area contributed by atoms with Crippen molar-refractivity contribution in [1.82, 2.24) is 0 Å². The Morgan fingerprint density at radius 1 is 1.33 bits per heavy atom. The third-order valence-electron chi connectivity index (χ3n) is 2.74. The van der Waals surface area contributed by atoms with Gasteiger partial charge in [-0.25, -0.2) is 8.42 Å². The van der Waals surface area contributed by atoms with E-state index in [0.29, 0.717) is 5.57 Å². The van der Waals surface area contributed by atoms with Crippen molar-refractivity contribution in [2.45, 2.75) is 30.5 Å². The summed E-state index contributed by atoms with van der Waals surface area (Å²) < 4.78 is 29.1. The van der Waals surface area contributed by atoms with Gasteiger partial charge in [0.05, 0.1) is 17.3 Å². The lowest BCUT2D eigenvalue weighted by Gasteiger charge is -2.08. The summed E-state index contributed by atoms with van der Waals surface area (Å²) in [7, 11) is -3.37. The molecule has 1 atom stereocenters. The first-order valence-electron chi connectivity index (χ1n) is 6.61. The van der Waals surface area contributed by atoms with Gasteiger partial charge in [-0.05, 0) is 32.4 Å². The van der Waals surface area contributed by atoms with E-state index in [4.69, 9.17) is 16.3 Å². The van der Waals surface area contributed by atoms with Crippen LogP contribution in [-0.2, 0) is 19.4 Å². The van der Waals surface area contributed by atoms with Crippen LogP contribution in [0.25, 0.3) is 0 Å². The van der Waals surface area contributed by atoms with Crippen molar-refractivity contribution >= 4 is 27.4 Å². The number of ether oxygens (including phenoxy) is 1. The zero-order chi connectivity index (χ0) is 15.9. The molecule has 0 bridgehead atoms. The Morgan fingerprint density at radius 3 is 2.52 bits per heavy atom. The Bertz CT molecular complexity index is 593. The highest BCUT2D eigenvalue weighted by Crippen LogP contribution is 2.15. The van der Waals surface area contributed by atoms with Gasteiger partial charge in [0.15, 0.2) is 9.84 Å². The van der Waals surface area contributed by atoms with Crippen LogP contribution in [0.1, 0.15) is 20.3 Å². The Balaban J connectivity index is 2.66. The van der Waals surface area contributed by atoms with E-state index in [1.165, 1.54) is 0 Å². The molecule has 0 radical (unpaired) electrons. The number of allylic oxidation sites excluding steroid dienone is 1. The zero-order valence-corrected chi connectivity index (χ0v) is 13.7. The maximum absolute atomic E-state index is 12.2. The van der Waals surface area contributed by atoms with E-state index in [1.54, 1.807) is 50.3 Å². The predicted molar refractivity (Wildman–Crippen MR) is 83.1 cm³/mol. The molecule has 0 aliphatic heterocycles. The lowest BCUT2D eigenvalue weighted by Crippen LogP contribution is -2.17. The smallest absolute Gasteiger partial charge is 0.324 e. The summed E-state index contributed by atoms with van der Waals surface area (Å²) in [5.74, 6) is -0.585. The molecule has 6 heteroatoms. The van der Waals surface area contributed by atoms with Gasteiger partial charge < -0.3 is 4.74 Å². The molecule has 0 aliphatic carbocycles. The molecule has 1 aromatic rings. The second-order valence-corrected chi connectivity index (χ2v) is 7.09. The number of esters is 1. The van der Waals surface area contributed by atoms with Crippen molar-refractivity contribution in [3.8, 4) is 0 Å². The van der Waals surface area contributed by atoms with Crippen molar-refractivity contribution in [3.63, 3.8) is 0 Å². The van der Waals surface area contributed by atoms with Gasteiger partial charge in [-0.2, -0.15) is 0 Å². The number of rotatable bonds is 7. The quantitative estimate of drug-likeness (QED) is 0.438. The molecule has 0 N–H and O–H groups in total. The zero-order valence-electron chi connectivity index (χ0n) is 12.1. The molecular formula is C15H19ClO4S. The summed E-state index contributed by atoms with van der Waals surface area (Å²) in [6.07, 6.45) is 1.91. The third-order valence-corrected chi connectivity index (χ3v) is 4.92. The van der Waals surface area contributed by atoms with Crippen LogP contribution >= 0.6 is 11.6 Å². The van der Waals surface area contributed by atoms with E-state index in [9.17, 15) is 13.2 Å². The normalized spacial score (nSPS) is 13.8. The Kier molecular flexibility index (Phi) is 6.92. The molecule has 0 amide bonds. The number of benzene rings is 1. The molecular weight excluding hydrogens is 312 g/mol. The van der Waals surface area contributed by atoms with E-state index in [-0.39, 0.29) is 23.7 Å². The fourth-order valence-corrected chi connectivity index (χ4v) is 3.31. The first kappa shape index (κ1) is 17.7. The topological polar surface area (TPSA) is 60.4 Å². The maximum Gasteiger partial charge on any atom is 0.324 e. The SMILES string of the molecule is CCOC(=O)C(Cl)C/C=C(/C)CS(=O)(=O)c1ccccc1. The minimum absolute atomic E-state index is 0.0938. The Morgan fingerprint density at radius 2 is 1.95 bits per heavy atom. The van der Waals surface area contributed by atoms with Crippen LogP contribution in [0.4, 0.5) is 0 Å². The summed E-state index contributed by atoms with van der Waals surface area (Å²) in [5, 5.41) is -0.792. The fourth-order valence-electron chi connectivity index (χ4n) is 1.70. The molecule has 4 nitrogen and oxygen atoms in total. The number of sulfone groups is 1. The second-order valence-electron chi connectivity index (χ2n) is 4.58. The van der Waals surface area contributed by atoms with Crippen molar-refractivity contribution in [1.29, 1.82) is 0 Å². The predicted octanol–water partition coefficient (Wildman–Crippen LogP) is 2.97. The van der Waals surface area contributed by atoms with Crippen LogP contribution in [-0.4, -0.2) is 32.1 Å². The van der Waals surface area contributed by atoms with Gasteiger partial charge in [0.1, 0.15) is 5.38 Å². The standard InChI is InChI=1S/C15H19ClO4S/c1-3-20-15(17)14(16)10-9-12(2)11-21(18,19)13-7-5-4-6-8-13/h4-9,14H,3,10-11H2,1-2H3/b12-9-. The van der Waals surface area contributed by atoms with E-state index in [0.717, 1.165) is 0 Å². The lowest BCUT2D eigenvalue weighted by molar-refractivity contribution is -0.142. The van der Waals surface area contributed by atoms with E-state index < -0.39 is 21.2 Å². The molecule has 0 fully saturated rings. The molecule has 0 heterocycles. The van der Waals surface area contributed by atoms with Gasteiger partial charge in [0.2, 0.25) is 0 Å². The highest BCUT2D eigenvalue weighted by atomic mass is 35.5. The first-order chi connectivity index (χ1) is 9.86. The lowest BCUT2D eigenvalue weighted by atomic mass is 10.2. The molecule has 21 heavy (non-hydrogen) atoms. The molecule has 0 aliphatic rings. The van der Waals surface area contributed by atoms with Crippen LogP contribution in [0, 0.1) is 0 Å². The molecule has 0 saturated heterocycles. The van der Waals surface area contributed by atoms with Gasteiger partial charge in [-0.1, -0.05) is 29.8 Å². The van der Waals surface area contributed by atoms with Crippen molar-refractivity contribution in [3.05, 3.63) is 42.0 Å². The summed E-state index contributed by atoms with van der Waals surface area (Å²) >= 11 is 5.87. The Hall–Kier alpha value is -1.33. The second kappa shape index (κ2) is 8.20. The Labute approximate surface area is 130 Å². The van der Waals surface area contributed by atoms with Crippen molar-refractivity contribution in [2.75, 3.05) is 12.4 Å². The van der Waals surface area contributed by atoms with Crippen LogP contribution in [0.3, 0.4) is 0 Å². The summed E-state index contributed by atoms with van der Waals surface area (Å²) in [6, 6.07) is 8.25. The molecule has 1 aromatic carbocycles. The summed E-state index contributed by atoms with van der Waals surface area (Å²) in [6.45, 7) is 3.68. The van der Waals surface area contributed by atoms with Crippen LogP contribution < -0.4 is 0 Å². The van der Waals surface area contributed by atoms with Crippen LogP contribution in [0.5, 0.6) is 0 Å². The van der Waals surface area contributed by atoms with Crippen molar-refractivity contribution < 1.29 is 17.9 Å². The van der Waals surface area contributed by atoms with E-state index in [1.807, 2.05) is 0 Å². The van der Waals surface area contributed by atoms with Gasteiger partial charge >= 0.3 is 5.97 Å². The van der Waals surface area contributed by atoms with Gasteiger partial charge in [0, 0.05) is 0 Å². The minimum atomic E-state index is -3.37. The largest absolute Gasteiger partial charge is 0.465 e. The van der Waals surface area contributed by atoms with Crippen LogP contribution in [0.15, 0.2) is 46.9 Å². The maximum atomic E-state index is 12.2. The molecule has 0 spiro atoms. The third kappa shape index (κ3) is 5.89. The van der Waals surface area contributed by atoms with Gasteiger partial charge in [0.25, 0.3) is 0 Å². The number of alkyl halides is 1. The van der Waals surface area contributed by atoms with E-state index in [2.05, 4.69) is 0 Å². The summed E-state index contributed by atoms with van der Waals surface area (Å²) in [4.78, 5) is 11.6. The highest BCUT2D eigenvalue weighted by Gasteiger charge is 2.17.